The Morgan fingerprint density at radius 1 is 1.11 bits per heavy atom. The molecule has 0 bridgehead atoms. The number of anilines is 1. The number of rotatable bonds is 2. The Hall–Kier alpha value is -2.89. The molecule has 0 spiro atoms. The van der Waals surface area contributed by atoms with Crippen LogP contribution in [-0.4, -0.2) is 4.98 Å². The quantitative estimate of drug-likeness (QED) is 0.610. The third kappa shape index (κ3) is 2.12. The van der Waals surface area contributed by atoms with Crippen LogP contribution >= 0.6 is 0 Å². The van der Waals surface area contributed by atoms with E-state index in [1.54, 1.807) is 30.3 Å². The first-order valence-electron chi connectivity index (χ1n) is 5.17. The highest BCUT2D eigenvalue weighted by Crippen LogP contribution is 2.21. The number of hydrazine groups is 1. The standard InChI is InChI=1S/C13H9N5/c14-7-9-2-1-3-10(6-9)12-5-4-11(8-15)13(17-12)18-16/h1-6H,16H2,(H,17,18). The number of hydrogen-bond donors (Lipinski definition) is 2. The SMILES string of the molecule is N#Cc1cccc(-c2ccc(C#N)c(NN)n2)c1. The average molecular weight is 235 g/mol. The average Bonchev–Trinajstić information content (AvgIpc) is 2.46. The number of pyridine rings is 1. The fourth-order valence-electron chi connectivity index (χ4n) is 1.57. The summed E-state index contributed by atoms with van der Waals surface area (Å²) in [5.41, 5.74) is 4.77. The van der Waals surface area contributed by atoms with Gasteiger partial charge in [-0.3, -0.25) is 0 Å². The zero-order chi connectivity index (χ0) is 13.0. The van der Waals surface area contributed by atoms with E-state index in [9.17, 15) is 0 Å². The lowest BCUT2D eigenvalue weighted by atomic mass is 10.1. The van der Waals surface area contributed by atoms with Crippen LogP contribution in [0, 0.1) is 22.7 Å². The van der Waals surface area contributed by atoms with Gasteiger partial charge in [0.25, 0.3) is 0 Å². The summed E-state index contributed by atoms with van der Waals surface area (Å²) in [6.07, 6.45) is 0. The Balaban J connectivity index is 2.52. The third-order valence-electron chi connectivity index (χ3n) is 2.44. The predicted octanol–water partition coefficient (Wildman–Crippen LogP) is 1.78. The molecule has 18 heavy (non-hydrogen) atoms. The maximum atomic E-state index is 8.86. The van der Waals surface area contributed by atoms with E-state index in [1.165, 1.54) is 0 Å². The van der Waals surface area contributed by atoms with Gasteiger partial charge in [0.1, 0.15) is 6.07 Å². The van der Waals surface area contributed by atoms with E-state index in [2.05, 4.69) is 16.5 Å². The van der Waals surface area contributed by atoms with Crippen molar-refractivity contribution in [1.29, 1.82) is 10.5 Å². The van der Waals surface area contributed by atoms with Crippen molar-refractivity contribution in [3.63, 3.8) is 0 Å². The second kappa shape index (κ2) is 4.96. The van der Waals surface area contributed by atoms with Crippen LogP contribution in [0.25, 0.3) is 11.3 Å². The van der Waals surface area contributed by atoms with Crippen molar-refractivity contribution < 1.29 is 0 Å². The molecule has 0 aliphatic heterocycles. The van der Waals surface area contributed by atoms with Crippen LogP contribution in [0.2, 0.25) is 0 Å². The smallest absolute Gasteiger partial charge is 0.158 e. The van der Waals surface area contributed by atoms with Gasteiger partial charge in [-0.25, -0.2) is 10.8 Å². The molecule has 3 N–H and O–H groups in total. The fourth-order valence-corrected chi connectivity index (χ4v) is 1.57. The Morgan fingerprint density at radius 3 is 2.61 bits per heavy atom. The third-order valence-corrected chi connectivity index (χ3v) is 2.44. The maximum absolute atomic E-state index is 8.86. The van der Waals surface area contributed by atoms with E-state index < -0.39 is 0 Å². The van der Waals surface area contributed by atoms with E-state index in [0.717, 1.165) is 5.56 Å². The van der Waals surface area contributed by atoms with Crippen LogP contribution in [0.3, 0.4) is 0 Å². The van der Waals surface area contributed by atoms with Crippen molar-refractivity contribution >= 4 is 5.82 Å². The molecule has 0 unspecified atom stereocenters. The number of aromatic nitrogens is 1. The molecule has 5 nitrogen and oxygen atoms in total. The number of nitrogen functional groups attached to an aromatic ring is 1. The van der Waals surface area contributed by atoms with Crippen molar-refractivity contribution in [3.8, 4) is 23.4 Å². The molecular weight excluding hydrogens is 226 g/mol. The zero-order valence-corrected chi connectivity index (χ0v) is 9.38. The van der Waals surface area contributed by atoms with Crippen molar-refractivity contribution in [2.45, 2.75) is 0 Å². The predicted molar refractivity (Wildman–Crippen MR) is 66.9 cm³/mol. The van der Waals surface area contributed by atoms with Gasteiger partial charge in [-0.1, -0.05) is 12.1 Å². The summed E-state index contributed by atoms with van der Waals surface area (Å²) in [5, 5.41) is 17.7. The van der Waals surface area contributed by atoms with Gasteiger partial charge in [0.15, 0.2) is 5.82 Å². The van der Waals surface area contributed by atoms with Gasteiger partial charge < -0.3 is 5.43 Å². The van der Waals surface area contributed by atoms with Gasteiger partial charge in [0.2, 0.25) is 0 Å². The molecule has 0 fully saturated rings. The minimum atomic E-state index is 0.317. The lowest BCUT2D eigenvalue weighted by Crippen LogP contribution is -2.10. The molecule has 0 saturated carbocycles. The first-order valence-corrected chi connectivity index (χ1v) is 5.17. The maximum Gasteiger partial charge on any atom is 0.158 e. The van der Waals surface area contributed by atoms with Crippen molar-refractivity contribution in [1.82, 2.24) is 4.98 Å². The summed E-state index contributed by atoms with van der Waals surface area (Å²) >= 11 is 0. The van der Waals surface area contributed by atoms with Gasteiger partial charge in [0.05, 0.1) is 22.9 Å². The lowest BCUT2D eigenvalue weighted by molar-refractivity contribution is 1.21. The van der Waals surface area contributed by atoms with Gasteiger partial charge >= 0.3 is 0 Å². The van der Waals surface area contributed by atoms with E-state index in [-0.39, 0.29) is 0 Å². The zero-order valence-electron chi connectivity index (χ0n) is 9.38. The molecule has 0 amide bonds. The van der Waals surface area contributed by atoms with Crippen LogP contribution in [0.4, 0.5) is 5.82 Å². The van der Waals surface area contributed by atoms with Gasteiger partial charge in [-0.05, 0) is 24.3 Å². The highest BCUT2D eigenvalue weighted by molar-refractivity contribution is 5.65. The Labute approximate surface area is 104 Å². The first-order chi connectivity index (χ1) is 8.78. The Kier molecular flexibility index (Phi) is 3.19. The highest BCUT2D eigenvalue weighted by Gasteiger charge is 2.06. The molecule has 2 aromatic rings. The van der Waals surface area contributed by atoms with Gasteiger partial charge in [-0.2, -0.15) is 10.5 Å². The first kappa shape index (κ1) is 11.6. The molecule has 1 heterocycles. The van der Waals surface area contributed by atoms with Crippen LogP contribution in [-0.2, 0) is 0 Å². The summed E-state index contributed by atoms with van der Waals surface area (Å²) in [6, 6.07) is 14.5. The molecular formula is C13H9N5. The summed E-state index contributed by atoms with van der Waals surface area (Å²) in [6.45, 7) is 0. The molecule has 0 aliphatic carbocycles. The van der Waals surface area contributed by atoms with E-state index in [1.807, 2.05) is 12.1 Å². The van der Waals surface area contributed by atoms with Crippen LogP contribution < -0.4 is 11.3 Å². The van der Waals surface area contributed by atoms with Crippen LogP contribution in [0.15, 0.2) is 36.4 Å². The number of benzene rings is 1. The van der Waals surface area contributed by atoms with Gasteiger partial charge in [-0.15, -0.1) is 0 Å². The summed E-state index contributed by atoms with van der Waals surface area (Å²) in [5.74, 6) is 5.63. The fraction of sp³-hybridized carbons (Fsp3) is 0. The number of nitrogens with zero attached hydrogens (tertiary/aromatic N) is 3. The monoisotopic (exact) mass is 235 g/mol. The second-order valence-electron chi connectivity index (χ2n) is 3.54. The lowest BCUT2D eigenvalue weighted by Gasteiger charge is -2.06. The Morgan fingerprint density at radius 2 is 1.94 bits per heavy atom. The number of nitrogens with one attached hydrogen (secondary N) is 1. The molecule has 86 valence electrons. The van der Waals surface area contributed by atoms with Crippen LogP contribution in [0.5, 0.6) is 0 Å². The number of hydrogen-bond acceptors (Lipinski definition) is 5. The highest BCUT2D eigenvalue weighted by atomic mass is 15.2. The van der Waals surface area contributed by atoms with E-state index >= 15 is 0 Å². The molecule has 2 rings (SSSR count). The molecule has 0 aliphatic rings. The van der Waals surface area contributed by atoms with Gasteiger partial charge in [0, 0.05) is 5.56 Å². The van der Waals surface area contributed by atoms with Crippen molar-refractivity contribution in [2.24, 2.45) is 5.84 Å². The molecule has 1 aromatic heterocycles. The summed E-state index contributed by atoms with van der Waals surface area (Å²) < 4.78 is 0. The van der Waals surface area contributed by atoms with Crippen molar-refractivity contribution in [3.05, 3.63) is 47.5 Å². The topological polar surface area (TPSA) is 98.5 Å². The number of nitriles is 2. The minimum Gasteiger partial charge on any atom is -0.307 e. The summed E-state index contributed by atoms with van der Waals surface area (Å²) in [7, 11) is 0. The molecule has 0 radical (unpaired) electrons. The molecule has 0 saturated heterocycles. The molecule has 5 heteroatoms. The Bertz CT molecular complexity index is 664. The van der Waals surface area contributed by atoms with E-state index in [4.69, 9.17) is 16.4 Å². The van der Waals surface area contributed by atoms with Crippen molar-refractivity contribution in [2.75, 3.05) is 5.43 Å². The number of nitrogens with two attached hydrogens (primary N) is 1. The van der Waals surface area contributed by atoms with Crippen LogP contribution in [0.1, 0.15) is 11.1 Å². The summed E-state index contributed by atoms with van der Waals surface area (Å²) in [4.78, 5) is 4.24. The minimum absolute atomic E-state index is 0.317. The van der Waals surface area contributed by atoms with E-state index in [0.29, 0.717) is 22.6 Å². The molecule has 0 atom stereocenters. The normalized spacial score (nSPS) is 9.28. The largest absolute Gasteiger partial charge is 0.307 e. The second-order valence-corrected chi connectivity index (χ2v) is 3.54. The molecule has 1 aromatic carbocycles.